The molecular weight excluding hydrogens is 293 g/mol. The molecule has 6 heteroatoms. The van der Waals surface area contributed by atoms with Crippen LogP contribution >= 0.6 is 0 Å². The highest BCUT2D eigenvalue weighted by Gasteiger charge is 2.30. The number of anilines is 1. The molecule has 2 rings (SSSR count). The van der Waals surface area contributed by atoms with E-state index < -0.39 is 11.7 Å². The van der Waals surface area contributed by atoms with Crippen molar-refractivity contribution >= 4 is 5.82 Å². The van der Waals surface area contributed by atoms with Crippen LogP contribution in [0.2, 0.25) is 0 Å². The van der Waals surface area contributed by atoms with Gasteiger partial charge in [-0.25, -0.2) is 4.98 Å². The number of alkyl halides is 3. The average molecular weight is 310 g/mol. The average Bonchev–Trinajstić information content (AvgIpc) is 2.47. The van der Waals surface area contributed by atoms with E-state index >= 15 is 0 Å². The first kappa shape index (κ1) is 16.1. The molecule has 118 valence electrons. The van der Waals surface area contributed by atoms with E-state index in [1.807, 2.05) is 38.1 Å². The van der Waals surface area contributed by atoms with Crippen LogP contribution < -0.4 is 10.1 Å². The third-order valence-electron chi connectivity index (χ3n) is 3.12. The minimum Gasteiger partial charge on any atom is -0.494 e. The monoisotopic (exact) mass is 310 g/mol. The van der Waals surface area contributed by atoms with Crippen molar-refractivity contribution < 1.29 is 17.9 Å². The van der Waals surface area contributed by atoms with Gasteiger partial charge in [0.05, 0.1) is 18.2 Å². The van der Waals surface area contributed by atoms with Crippen molar-refractivity contribution in [3.8, 4) is 5.75 Å². The number of rotatable bonds is 5. The van der Waals surface area contributed by atoms with Crippen LogP contribution in [0.15, 0.2) is 42.6 Å². The highest BCUT2D eigenvalue weighted by atomic mass is 19.4. The van der Waals surface area contributed by atoms with Gasteiger partial charge in [0.25, 0.3) is 0 Å². The molecule has 1 N–H and O–H groups in total. The van der Waals surface area contributed by atoms with Gasteiger partial charge in [0.1, 0.15) is 11.6 Å². The summed E-state index contributed by atoms with van der Waals surface area (Å²) in [5.41, 5.74) is 0.205. The van der Waals surface area contributed by atoms with Crippen molar-refractivity contribution in [3.63, 3.8) is 0 Å². The van der Waals surface area contributed by atoms with Crippen molar-refractivity contribution in [2.45, 2.75) is 26.1 Å². The Morgan fingerprint density at radius 3 is 2.59 bits per heavy atom. The van der Waals surface area contributed by atoms with Gasteiger partial charge in [0.2, 0.25) is 0 Å². The largest absolute Gasteiger partial charge is 0.494 e. The van der Waals surface area contributed by atoms with Crippen molar-refractivity contribution in [2.75, 3.05) is 11.9 Å². The van der Waals surface area contributed by atoms with Crippen molar-refractivity contribution in [1.29, 1.82) is 0 Å². The van der Waals surface area contributed by atoms with Crippen LogP contribution in [0.3, 0.4) is 0 Å². The third-order valence-corrected chi connectivity index (χ3v) is 3.12. The van der Waals surface area contributed by atoms with Crippen LogP contribution in [-0.4, -0.2) is 11.6 Å². The van der Waals surface area contributed by atoms with Gasteiger partial charge < -0.3 is 10.1 Å². The Morgan fingerprint density at radius 2 is 2.00 bits per heavy atom. The van der Waals surface area contributed by atoms with Crippen molar-refractivity contribution in [3.05, 3.63) is 53.7 Å². The number of ether oxygens (including phenoxy) is 1. The Hall–Kier alpha value is -2.24. The minimum atomic E-state index is -4.37. The lowest BCUT2D eigenvalue weighted by atomic mass is 10.1. The van der Waals surface area contributed by atoms with Gasteiger partial charge in [-0.1, -0.05) is 12.1 Å². The van der Waals surface area contributed by atoms with E-state index in [1.165, 1.54) is 6.07 Å². The van der Waals surface area contributed by atoms with Gasteiger partial charge in [0.15, 0.2) is 0 Å². The maximum Gasteiger partial charge on any atom is 0.417 e. The molecule has 0 bridgehead atoms. The van der Waals surface area contributed by atoms with E-state index in [2.05, 4.69) is 10.3 Å². The summed E-state index contributed by atoms with van der Waals surface area (Å²) in [4.78, 5) is 3.81. The molecular formula is C16H17F3N2O. The highest BCUT2D eigenvalue weighted by Crippen LogP contribution is 2.29. The lowest BCUT2D eigenvalue weighted by Gasteiger charge is -2.16. The lowest BCUT2D eigenvalue weighted by molar-refractivity contribution is -0.137. The van der Waals surface area contributed by atoms with Crippen LogP contribution in [0.5, 0.6) is 5.75 Å². The summed E-state index contributed by atoms with van der Waals surface area (Å²) in [6, 6.07) is 9.78. The number of aromatic nitrogens is 1. The Kier molecular flexibility index (Phi) is 4.90. The number of halogens is 3. The molecule has 0 radical (unpaired) electrons. The molecule has 0 spiro atoms. The molecule has 22 heavy (non-hydrogen) atoms. The number of hydrogen-bond acceptors (Lipinski definition) is 3. The second-order valence-corrected chi connectivity index (χ2v) is 4.80. The summed E-state index contributed by atoms with van der Waals surface area (Å²) in [7, 11) is 0. The normalized spacial score (nSPS) is 12.8. The number of pyridine rings is 1. The van der Waals surface area contributed by atoms with E-state index in [1.54, 1.807) is 0 Å². The van der Waals surface area contributed by atoms with E-state index in [4.69, 9.17) is 4.74 Å². The van der Waals surface area contributed by atoms with Gasteiger partial charge in [-0.05, 0) is 43.7 Å². The maximum absolute atomic E-state index is 12.5. The first-order valence-electron chi connectivity index (χ1n) is 6.92. The first-order chi connectivity index (χ1) is 10.4. The van der Waals surface area contributed by atoms with E-state index in [9.17, 15) is 13.2 Å². The Bertz CT molecular complexity index is 612. The zero-order valence-corrected chi connectivity index (χ0v) is 12.3. The molecule has 0 amide bonds. The number of nitrogens with zero attached hydrogens (tertiary/aromatic N) is 1. The smallest absolute Gasteiger partial charge is 0.417 e. The van der Waals surface area contributed by atoms with Crippen LogP contribution in [0.4, 0.5) is 19.0 Å². The van der Waals surface area contributed by atoms with Crippen LogP contribution in [-0.2, 0) is 6.18 Å². The second-order valence-electron chi connectivity index (χ2n) is 4.80. The Balaban J connectivity index is 2.08. The van der Waals surface area contributed by atoms with Gasteiger partial charge in [-0.2, -0.15) is 13.2 Å². The molecule has 1 aromatic carbocycles. The van der Waals surface area contributed by atoms with Crippen LogP contribution in [0.25, 0.3) is 0 Å². The summed E-state index contributed by atoms with van der Waals surface area (Å²) in [6.07, 6.45) is -3.55. The Morgan fingerprint density at radius 1 is 1.23 bits per heavy atom. The molecule has 2 aromatic rings. The summed E-state index contributed by atoms with van der Waals surface area (Å²) >= 11 is 0. The fraction of sp³-hybridized carbons (Fsp3) is 0.312. The van der Waals surface area contributed by atoms with Crippen molar-refractivity contribution in [1.82, 2.24) is 4.98 Å². The summed E-state index contributed by atoms with van der Waals surface area (Å²) in [5.74, 6) is 1.15. The molecule has 0 aliphatic heterocycles. The molecule has 1 aromatic heterocycles. The number of nitrogens with one attached hydrogen (secondary N) is 1. The fourth-order valence-electron chi connectivity index (χ4n) is 1.99. The van der Waals surface area contributed by atoms with Crippen LogP contribution in [0, 0.1) is 0 Å². The zero-order chi connectivity index (χ0) is 16.2. The summed E-state index contributed by atoms with van der Waals surface area (Å²) in [6.45, 7) is 4.39. The van der Waals surface area contributed by atoms with Gasteiger partial charge in [0, 0.05) is 6.20 Å². The molecule has 0 saturated heterocycles. The molecule has 1 unspecified atom stereocenters. The quantitative estimate of drug-likeness (QED) is 0.871. The van der Waals surface area contributed by atoms with E-state index in [0.29, 0.717) is 12.4 Å². The topological polar surface area (TPSA) is 34.1 Å². The number of benzene rings is 1. The van der Waals surface area contributed by atoms with E-state index in [0.717, 1.165) is 23.6 Å². The van der Waals surface area contributed by atoms with Gasteiger partial charge in [-0.15, -0.1) is 0 Å². The fourth-order valence-corrected chi connectivity index (χ4v) is 1.99. The number of hydrogen-bond donors (Lipinski definition) is 1. The molecule has 0 saturated carbocycles. The van der Waals surface area contributed by atoms with Gasteiger partial charge in [-0.3, -0.25) is 0 Å². The molecule has 1 heterocycles. The summed E-state index contributed by atoms with van der Waals surface area (Å²) in [5, 5.41) is 3.07. The SMILES string of the molecule is CCOc1cccc(C(C)Nc2ccc(C(F)(F)F)cn2)c1. The lowest BCUT2D eigenvalue weighted by Crippen LogP contribution is -2.10. The standard InChI is InChI=1S/C16H17F3N2O/c1-3-22-14-6-4-5-12(9-14)11(2)21-15-8-7-13(10-20-15)16(17,18)19/h4-11H,3H2,1-2H3,(H,20,21). The predicted molar refractivity (Wildman–Crippen MR) is 78.9 cm³/mol. The third kappa shape index (κ3) is 4.13. The second kappa shape index (κ2) is 6.68. The van der Waals surface area contributed by atoms with Crippen LogP contribution in [0.1, 0.15) is 31.0 Å². The molecule has 0 fully saturated rings. The molecule has 1 atom stereocenters. The Labute approximate surface area is 127 Å². The first-order valence-corrected chi connectivity index (χ1v) is 6.92. The zero-order valence-electron chi connectivity index (χ0n) is 12.3. The summed E-state index contributed by atoms with van der Waals surface area (Å²) < 4.78 is 42.9. The molecule has 0 aliphatic carbocycles. The minimum absolute atomic E-state index is 0.107. The van der Waals surface area contributed by atoms with Crippen molar-refractivity contribution in [2.24, 2.45) is 0 Å². The maximum atomic E-state index is 12.5. The highest BCUT2D eigenvalue weighted by molar-refractivity contribution is 5.41. The molecule has 0 aliphatic rings. The molecule has 3 nitrogen and oxygen atoms in total. The van der Waals surface area contributed by atoms with E-state index in [-0.39, 0.29) is 6.04 Å². The van der Waals surface area contributed by atoms with Gasteiger partial charge >= 0.3 is 6.18 Å². The predicted octanol–water partition coefficient (Wildman–Crippen LogP) is 4.67.